The molecule has 1 aliphatic rings. The van der Waals surface area contributed by atoms with Crippen LogP contribution in [0.1, 0.15) is 23.5 Å². The van der Waals surface area contributed by atoms with Gasteiger partial charge in [0.15, 0.2) is 0 Å². The largest absolute Gasteiger partial charge is 0.488 e. The van der Waals surface area contributed by atoms with Gasteiger partial charge >= 0.3 is 7.12 Å². The lowest BCUT2D eigenvalue weighted by molar-refractivity contribution is 0.420. The highest BCUT2D eigenvalue weighted by Crippen LogP contribution is 2.40. The van der Waals surface area contributed by atoms with Crippen LogP contribution in [0, 0.1) is 0 Å². The van der Waals surface area contributed by atoms with Gasteiger partial charge in [-0.15, -0.1) is 0 Å². The second-order valence-electron chi connectivity index (χ2n) is 22.5. The number of halogens is 1. The van der Waals surface area contributed by atoms with Crippen LogP contribution in [-0.2, 0) is 0 Å². The minimum Gasteiger partial charge on any atom is -0.423 e. The Bertz CT molecular complexity index is 5080. The number of hydrogen-bond donors (Lipinski definition) is 2. The highest BCUT2D eigenvalue weighted by Gasteiger charge is 2.24. The van der Waals surface area contributed by atoms with Crippen LogP contribution < -0.4 is 0 Å². The van der Waals surface area contributed by atoms with Crippen LogP contribution in [0.5, 0.6) is 0 Å². The molecule has 7 aromatic carbocycles. The zero-order valence-electron chi connectivity index (χ0n) is 50.7. The van der Waals surface area contributed by atoms with Gasteiger partial charge in [-0.2, -0.15) is 0 Å². The molecule has 14 heteroatoms. The van der Waals surface area contributed by atoms with Gasteiger partial charge in [-0.3, -0.25) is 39.0 Å². The second kappa shape index (κ2) is 27.8. The molecule has 0 amide bonds. The molecule has 94 heavy (non-hydrogen) atoms. The zero-order valence-corrected chi connectivity index (χ0v) is 52.3. The van der Waals surface area contributed by atoms with E-state index in [1.165, 1.54) is 0 Å². The number of benzene rings is 7. The summed E-state index contributed by atoms with van der Waals surface area (Å²) in [5.41, 5.74) is 22.6. The van der Waals surface area contributed by atoms with E-state index < -0.39 is 7.12 Å². The predicted molar refractivity (Wildman–Crippen MR) is 381 cm³/mol. The molecule has 8 heterocycles. The first kappa shape index (κ1) is 59.9. The Morgan fingerprint density at radius 1 is 0.351 bits per heavy atom. The summed E-state index contributed by atoms with van der Waals surface area (Å²) in [7, 11) is -1.48. The van der Waals surface area contributed by atoms with Crippen LogP contribution in [0.15, 0.2) is 333 Å². The Kier molecular flexibility index (Phi) is 17.7. The first-order valence-corrected chi connectivity index (χ1v) is 31.5. The number of allylic oxidation sites excluding steroid dienone is 4. The summed E-state index contributed by atoms with van der Waals surface area (Å²) >= 11 is 3.67. The number of nitrogens with zero attached hydrogens (tertiary/aromatic N) is 10. The molecule has 0 saturated carbocycles. The van der Waals surface area contributed by atoms with Gasteiger partial charge in [-0.05, 0) is 202 Å². The summed E-state index contributed by atoms with van der Waals surface area (Å²) < 4.78 is 5.47. The molecule has 1 unspecified atom stereocenters. The molecule has 0 fully saturated rings. The normalized spacial score (nSPS) is 12.6. The summed E-state index contributed by atoms with van der Waals surface area (Å²) in [6.45, 7) is 0. The molecule has 1 atom stereocenters. The molecule has 15 aromatic rings. The summed E-state index contributed by atoms with van der Waals surface area (Å²) in [6.07, 6.45) is 26.4. The van der Waals surface area contributed by atoms with Crippen molar-refractivity contribution in [3.63, 3.8) is 0 Å². The number of pyridine rings is 6. The minimum atomic E-state index is -1.48. The number of imidazole rings is 2. The standard InChI is InChI=1S/C40H27N5.C24H16BrN3.C16H15BN2O2/c1-2-12-37(13-3-1)45-39-15-5-4-14-38(39)44-40(45)36-23-33(30-11-8-18-43-27-30)22-35(24-36)34-20-31(28-9-6-16-41-25-28)19-32(21-34)29-10-7-17-42-26-29;25-20-14-18(17-7-6-12-26-16-17)13-19(15-20)24-27-22-10-4-5-11-23(22)28(24)21-8-2-1-3-9-21;20-17(21)16-8-14(12-3-1-5-18-10-12)7-15(9-16)13-4-2-6-19-11-13/h1-27H;1-16H;1-6,8-11,14,20-21H,7H2. The predicted octanol–water partition coefficient (Wildman–Crippen LogP) is 18.0. The fourth-order valence-corrected chi connectivity index (χ4v) is 12.4. The molecule has 450 valence electrons. The van der Waals surface area contributed by atoms with Crippen molar-refractivity contribution in [3.8, 4) is 89.8 Å². The molecule has 0 spiro atoms. The highest BCUT2D eigenvalue weighted by molar-refractivity contribution is 9.10. The van der Waals surface area contributed by atoms with Gasteiger partial charge in [-0.1, -0.05) is 125 Å². The van der Waals surface area contributed by atoms with Gasteiger partial charge in [0, 0.05) is 130 Å². The summed E-state index contributed by atoms with van der Waals surface area (Å²) in [6, 6.07) is 81.1. The van der Waals surface area contributed by atoms with Crippen molar-refractivity contribution < 1.29 is 10.0 Å². The molecule has 0 bridgehead atoms. The minimum absolute atomic E-state index is 0.0794. The average Bonchev–Trinajstić information content (AvgIpc) is 1.60. The van der Waals surface area contributed by atoms with Crippen LogP contribution in [0.25, 0.3) is 117 Å². The lowest BCUT2D eigenvalue weighted by Gasteiger charge is -2.22. The van der Waals surface area contributed by atoms with Crippen molar-refractivity contribution in [2.75, 3.05) is 0 Å². The van der Waals surface area contributed by atoms with E-state index >= 15 is 0 Å². The summed E-state index contributed by atoms with van der Waals surface area (Å²) in [5, 5.41) is 19.0. The average molecular weight is 1280 g/mol. The van der Waals surface area contributed by atoms with Gasteiger partial charge in [0.25, 0.3) is 0 Å². The van der Waals surface area contributed by atoms with Crippen molar-refractivity contribution in [2.24, 2.45) is 0 Å². The SMILES string of the molecule is Brc1cc(-c2cccnc2)cc(-c2nc3ccccc3n2-c2ccccc2)c1.OB(O)C1=CC(c2cccnc2)CC(c2cccnc2)=C1.c1ccc(-n2c(-c3cc(-c4cccnc4)cc(-c4cc(-c5cccnc5)cc(-c5cccnc5)c4)c3)nc3ccccc32)cc1. The monoisotopic (exact) mass is 1280 g/mol. The van der Waals surface area contributed by atoms with Gasteiger partial charge < -0.3 is 10.0 Å². The van der Waals surface area contributed by atoms with Crippen LogP contribution in [0.4, 0.5) is 0 Å². The van der Waals surface area contributed by atoms with Crippen LogP contribution >= 0.6 is 15.9 Å². The molecule has 16 rings (SSSR count). The van der Waals surface area contributed by atoms with E-state index in [1.54, 1.807) is 43.4 Å². The Hall–Kier alpha value is -11.7. The van der Waals surface area contributed by atoms with E-state index in [4.69, 9.17) is 9.97 Å². The van der Waals surface area contributed by atoms with Crippen LogP contribution in [0.2, 0.25) is 0 Å². The van der Waals surface area contributed by atoms with Crippen LogP contribution in [-0.4, -0.2) is 66.2 Å². The molecule has 0 radical (unpaired) electrons. The molecular weight excluding hydrogens is 1220 g/mol. The number of aromatic nitrogens is 10. The first-order valence-electron chi connectivity index (χ1n) is 30.7. The number of para-hydroxylation sites is 6. The lowest BCUT2D eigenvalue weighted by atomic mass is 9.71. The lowest BCUT2D eigenvalue weighted by Crippen LogP contribution is -2.18. The van der Waals surface area contributed by atoms with Crippen molar-refractivity contribution in [3.05, 3.63) is 344 Å². The van der Waals surface area contributed by atoms with Crippen molar-refractivity contribution in [2.45, 2.75) is 12.3 Å². The molecule has 0 aliphatic heterocycles. The van der Waals surface area contributed by atoms with Gasteiger partial charge in [-0.25, -0.2) is 9.97 Å². The zero-order chi connectivity index (χ0) is 63.6. The fourth-order valence-electron chi connectivity index (χ4n) is 11.9. The molecule has 8 aromatic heterocycles. The first-order chi connectivity index (χ1) is 46.3. The number of fused-ring (bicyclic) bond motifs is 2. The molecule has 12 nitrogen and oxygen atoms in total. The molecular formula is C80H58BBrN10O2. The van der Waals surface area contributed by atoms with Crippen LogP contribution in [0.3, 0.4) is 0 Å². The van der Waals surface area contributed by atoms with E-state index in [9.17, 15) is 10.0 Å². The van der Waals surface area contributed by atoms with Crippen molar-refractivity contribution in [1.29, 1.82) is 0 Å². The van der Waals surface area contributed by atoms with Gasteiger partial charge in [0.2, 0.25) is 0 Å². The van der Waals surface area contributed by atoms with Gasteiger partial charge in [0.05, 0.1) is 22.1 Å². The van der Waals surface area contributed by atoms with E-state index in [1.807, 2.05) is 116 Å². The highest BCUT2D eigenvalue weighted by atomic mass is 79.9. The van der Waals surface area contributed by atoms with Gasteiger partial charge in [0.1, 0.15) is 11.6 Å². The molecule has 1 aliphatic carbocycles. The van der Waals surface area contributed by atoms with Crippen molar-refractivity contribution >= 4 is 50.7 Å². The maximum absolute atomic E-state index is 9.52. The van der Waals surface area contributed by atoms with E-state index in [0.717, 1.165) is 139 Å². The third kappa shape index (κ3) is 13.4. The third-order valence-corrected chi connectivity index (χ3v) is 16.8. The van der Waals surface area contributed by atoms with E-state index in [2.05, 4.69) is 219 Å². The maximum atomic E-state index is 9.52. The molecule has 0 saturated heterocycles. The topological polar surface area (TPSA) is 153 Å². The number of hydrogen-bond acceptors (Lipinski definition) is 10. The second-order valence-corrected chi connectivity index (χ2v) is 23.4. The Morgan fingerprint density at radius 2 is 0.702 bits per heavy atom. The maximum Gasteiger partial charge on any atom is 0.488 e. The number of rotatable bonds is 12. The Labute approximate surface area is 552 Å². The quantitative estimate of drug-likeness (QED) is 0.113. The Morgan fingerprint density at radius 3 is 1.11 bits per heavy atom. The third-order valence-electron chi connectivity index (χ3n) is 16.4. The summed E-state index contributed by atoms with van der Waals surface area (Å²) in [5.74, 6) is 1.87. The summed E-state index contributed by atoms with van der Waals surface area (Å²) in [4.78, 5) is 35.9. The molecule has 2 N–H and O–H groups in total. The van der Waals surface area contributed by atoms with Crippen molar-refractivity contribution in [1.82, 2.24) is 49.0 Å². The Balaban J connectivity index is 0.000000133. The smallest absolute Gasteiger partial charge is 0.423 e. The fraction of sp³-hybridized carbons (Fsp3) is 0.0250. The van der Waals surface area contributed by atoms with E-state index in [0.29, 0.717) is 5.47 Å². The van der Waals surface area contributed by atoms with E-state index in [-0.39, 0.29) is 5.92 Å².